The Morgan fingerprint density at radius 3 is 2.30 bits per heavy atom. The van der Waals surface area contributed by atoms with E-state index < -0.39 is 11.5 Å². The second-order valence-corrected chi connectivity index (χ2v) is 5.03. The minimum atomic E-state index is -1.18. The van der Waals surface area contributed by atoms with Gasteiger partial charge in [0.2, 0.25) is 0 Å². The number of rotatable bonds is 3. The van der Waals surface area contributed by atoms with Crippen LogP contribution in [0, 0.1) is 20.8 Å². The Hall–Kier alpha value is -2.36. The van der Waals surface area contributed by atoms with E-state index in [1.165, 1.54) is 4.57 Å². The van der Waals surface area contributed by atoms with Crippen molar-refractivity contribution in [2.45, 2.75) is 27.3 Å². The lowest BCUT2D eigenvalue weighted by molar-refractivity contribution is 0.0693. The standard InChI is InChI=1S/C16H17NO3/c1-10-4-6-13(7-5-10)9-17-12(3)8-11(2)14(15(17)18)16(19)20/h4-8H,9H2,1-3H3,(H,19,20). The molecule has 2 aromatic rings. The van der Waals surface area contributed by atoms with Crippen LogP contribution in [0.15, 0.2) is 35.1 Å². The number of benzene rings is 1. The number of hydrogen-bond acceptors (Lipinski definition) is 2. The van der Waals surface area contributed by atoms with Gasteiger partial charge in [0.1, 0.15) is 5.56 Å². The molecule has 0 aliphatic rings. The molecule has 0 aliphatic carbocycles. The molecule has 0 atom stereocenters. The lowest BCUT2D eigenvalue weighted by Crippen LogP contribution is -2.29. The van der Waals surface area contributed by atoms with Crippen molar-refractivity contribution in [3.05, 3.63) is 68.6 Å². The predicted molar refractivity (Wildman–Crippen MR) is 77.4 cm³/mol. The highest BCUT2D eigenvalue weighted by Gasteiger charge is 2.16. The molecule has 0 fully saturated rings. The molecule has 0 amide bonds. The molecule has 1 N–H and O–H groups in total. The lowest BCUT2D eigenvalue weighted by Gasteiger charge is -2.13. The van der Waals surface area contributed by atoms with Crippen molar-refractivity contribution in [2.24, 2.45) is 0 Å². The highest BCUT2D eigenvalue weighted by molar-refractivity contribution is 5.88. The molecule has 20 heavy (non-hydrogen) atoms. The topological polar surface area (TPSA) is 59.3 Å². The van der Waals surface area contributed by atoms with Gasteiger partial charge in [0, 0.05) is 5.69 Å². The molecule has 1 aromatic carbocycles. The monoisotopic (exact) mass is 271 g/mol. The molecule has 0 spiro atoms. The molecular weight excluding hydrogens is 254 g/mol. The molecule has 0 radical (unpaired) electrons. The first kappa shape index (κ1) is 14.1. The fourth-order valence-corrected chi connectivity index (χ4v) is 2.26. The number of nitrogens with zero attached hydrogens (tertiary/aromatic N) is 1. The van der Waals surface area contributed by atoms with Crippen LogP contribution in [0.5, 0.6) is 0 Å². The average Bonchev–Trinajstić information content (AvgIpc) is 2.36. The van der Waals surface area contributed by atoms with Crippen LogP contribution < -0.4 is 5.56 Å². The Labute approximate surface area is 117 Å². The maximum absolute atomic E-state index is 12.3. The van der Waals surface area contributed by atoms with E-state index in [2.05, 4.69) is 0 Å². The van der Waals surface area contributed by atoms with E-state index in [0.717, 1.165) is 16.8 Å². The fraction of sp³-hybridized carbons (Fsp3) is 0.250. The number of carbonyl (C=O) groups is 1. The molecule has 1 aromatic heterocycles. The first-order valence-electron chi connectivity index (χ1n) is 6.40. The van der Waals surface area contributed by atoms with Gasteiger partial charge in [-0.3, -0.25) is 4.79 Å². The summed E-state index contributed by atoms with van der Waals surface area (Å²) in [4.78, 5) is 23.5. The summed E-state index contributed by atoms with van der Waals surface area (Å²) < 4.78 is 1.50. The van der Waals surface area contributed by atoms with Crippen molar-refractivity contribution in [2.75, 3.05) is 0 Å². The normalized spacial score (nSPS) is 10.6. The number of pyridine rings is 1. The molecule has 0 saturated carbocycles. The van der Waals surface area contributed by atoms with Crippen molar-refractivity contribution in [3.8, 4) is 0 Å². The smallest absolute Gasteiger partial charge is 0.341 e. The third-order valence-corrected chi connectivity index (χ3v) is 3.38. The van der Waals surface area contributed by atoms with Gasteiger partial charge in [0.05, 0.1) is 6.54 Å². The molecule has 104 valence electrons. The number of aryl methyl sites for hydroxylation is 3. The van der Waals surface area contributed by atoms with E-state index >= 15 is 0 Å². The van der Waals surface area contributed by atoms with Crippen molar-refractivity contribution in [3.63, 3.8) is 0 Å². The minimum Gasteiger partial charge on any atom is -0.477 e. The fourth-order valence-electron chi connectivity index (χ4n) is 2.26. The van der Waals surface area contributed by atoms with Crippen molar-refractivity contribution >= 4 is 5.97 Å². The molecule has 1 heterocycles. The first-order valence-corrected chi connectivity index (χ1v) is 6.40. The Morgan fingerprint density at radius 2 is 1.75 bits per heavy atom. The highest BCUT2D eigenvalue weighted by atomic mass is 16.4. The predicted octanol–water partition coefficient (Wildman–Crippen LogP) is 2.52. The summed E-state index contributed by atoms with van der Waals surface area (Å²) in [6.45, 7) is 5.84. The lowest BCUT2D eigenvalue weighted by atomic mass is 10.1. The SMILES string of the molecule is Cc1ccc(Cn2c(C)cc(C)c(C(=O)O)c2=O)cc1. The second kappa shape index (κ2) is 5.33. The van der Waals surface area contributed by atoms with Gasteiger partial charge >= 0.3 is 5.97 Å². The summed E-state index contributed by atoms with van der Waals surface area (Å²) in [7, 11) is 0. The van der Waals surface area contributed by atoms with Crippen LogP contribution in [0.4, 0.5) is 0 Å². The van der Waals surface area contributed by atoms with Crippen molar-refractivity contribution in [1.82, 2.24) is 4.57 Å². The first-order chi connectivity index (χ1) is 9.40. The summed E-state index contributed by atoms with van der Waals surface area (Å²) in [5.41, 5.74) is 2.78. The van der Waals surface area contributed by atoms with E-state index in [4.69, 9.17) is 5.11 Å². The van der Waals surface area contributed by atoms with Gasteiger partial charge in [0.15, 0.2) is 0 Å². The van der Waals surface area contributed by atoms with Gasteiger partial charge in [0.25, 0.3) is 5.56 Å². The van der Waals surface area contributed by atoms with Crippen LogP contribution in [0.1, 0.15) is 32.7 Å². The average molecular weight is 271 g/mol. The van der Waals surface area contributed by atoms with Gasteiger partial charge in [-0.2, -0.15) is 0 Å². The van der Waals surface area contributed by atoms with Crippen molar-refractivity contribution < 1.29 is 9.90 Å². The molecule has 0 bridgehead atoms. The number of carboxylic acid groups (broad SMARTS) is 1. The maximum Gasteiger partial charge on any atom is 0.341 e. The van der Waals surface area contributed by atoms with E-state index in [0.29, 0.717) is 12.1 Å². The van der Waals surface area contributed by atoms with E-state index in [9.17, 15) is 9.59 Å². The Bertz CT molecular complexity index is 712. The minimum absolute atomic E-state index is 0.150. The third-order valence-electron chi connectivity index (χ3n) is 3.38. The molecule has 0 saturated heterocycles. The summed E-state index contributed by atoms with van der Waals surface area (Å²) >= 11 is 0. The van der Waals surface area contributed by atoms with Gasteiger partial charge in [-0.1, -0.05) is 29.8 Å². The molecule has 4 heteroatoms. The summed E-state index contributed by atoms with van der Waals surface area (Å²) in [6.07, 6.45) is 0. The zero-order chi connectivity index (χ0) is 14.9. The molecule has 0 aliphatic heterocycles. The largest absolute Gasteiger partial charge is 0.477 e. The third kappa shape index (κ3) is 2.64. The number of aromatic carboxylic acids is 1. The van der Waals surface area contributed by atoms with Crippen LogP contribution in [-0.2, 0) is 6.54 Å². The van der Waals surface area contributed by atoms with Crippen LogP contribution in [0.25, 0.3) is 0 Å². The second-order valence-electron chi connectivity index (χ2n) is 5.03. The van der Waals surface area contributed by atoms with E-state index in [1.54, 1.807) is 13.0 Å². The van der Waals surface area contributed by atoms with Crippen molar-refractivity contribution in [1.29, 1.82) is 0 Å². The van der Waals surface area contributed by atoms with Gasteiger partial charge < -0.3 is 9.67 Å². The number of hydrogen-bond donors (Lipinski definition) is 1. The number of carboxylic acids is 1. The Kier molecular flexibility index (Phi) is 3.74. The van der Waals surface area contributed by atoms with E-state index in [1.807, 2.05) is 38.1 Å². The van der Waals surface area contributed by atoms with Crippen LogP contribution in [0.3, 0.4) is 0 Å². The molecule has 0 unspecified atom stereocenters. The summed E-state index contributed by atoms with van der Waals surface area (Å²) in [5.74, 6) is -1.18. The van der Waals surface area contributed by atoms with Gasteiger partial charge in [-0.05, 0) is 38.0 Å². The molecule has 4 nitrogen and oxygen atoms in total. The summed E-state index contributed by atoms with van der Waals surface area (Å²) in [5, 5.41) is 9.15. The number of aromatic nitrogens is 1. The van der Waals surface area contributed by atoms with Gasteiger partial charge in [-0.25, -0.2) is 4.79 Å². The highest BCUT2D eigenvalue weighted by Crippen LogP contribution is 2.10. The van der Waals surface area contributed by atoms with Crippen LogP contribution >= 0.6 is 0 Å². The Morgan fingerprint density at radius 1 is 1.15 bits per heavy atom. The van der Waals surface area contributed by atoms with Crippen LogP contribution in [0.2, 0.25) is 0 Å². The van der Waals surface area contributed by atoms with Gasteiger partial charge in [-0.15, -0.1) is 0 Å². The summed E-state index contributed by atoms with van der Waals surface area (Å²) in [6, 6.07) is 9.58. The zero-order valence-corrected chi connectivity index (χ0v) is 11.8. The maximum atomic E-state index is 12.3. The molecule has 2 rings (SSSR count). The molecular formula is C16H17NO3. The zero-order valence-electron chi connectivity index (χ0n) is 11.8. The van der Waals surface area contributed by atoms with E-state index in [-0.39, 0.29) is 5.56 Å². The Balaban J connectivity index is 2.52. The quantitative estimate of drug-likeness (QED) is 0.933. The van der Waals surface area contributed by atoms with Crippen LogP contribution in [-0.4, -0.2) is 15.6 Å².